The van der Waals surface area contributed by atoms with Crippen LogP contribution in [-0.4, -0.2) is 23.2 Å². The summed E-state index contributed by atoms with van der Waals surface area (Å²) in [5.41, 5.74) is 11.3. The Morgan fingerprint density at radius 3 is 1.57 bits per heavy atom. The molecule has 0 saturated carbocycles. The van der Waals surface area contributed by atoms with Crippen molar-refractivity contribution in [2.75, 3.05) is 0 Å². The highest BCUT2D eigenvalue weighted by Crippen LogP contribution is 2.27. The largest absolute Gasteiger partial charge is 0.273 e. The average Bonchev–Trinajstić information content (AvgIpc) is 2.70. The normalized spacial score (nSPS) is 24.1. The van der Waals surface area contributed by atoms with E-state index in [0.717, 1.165) is 59.4 Å². The molecule has 0 aromatic heterocycles. The summed E-state index contributed by atoms with van der Waals surface area (Å²) in [6, 6.07) is 0. The van der Waals surface area contributed by atoms with Gasteiger partial charge in [-0.2, -0.15) is 10.2 Å². The molecule has 2 amide bonds. The number of hydrogen-bond donors (Lipinski definition) is 2. The van der Waals surface area contributed by atoms with Gasteiger partial charge in [-0.15, -0.1) is 0 Å². The van der Waals surface area contributed by atoms with Crippen molar-refractivity contribution in [3.8, 4) is 0 Å². The lowest BCUT2D eigenvalue weighted by molar-refractivity contribution is -0.126. The molecule has 2 rings (SSSR count). The zero-order chi connectivity index (χ0) is 22.3. The molecule has 2 aliphatic rings. The highest BCUT2D eigenvalue weighted by Gasteiger charge is 2.20. The lowest BCUT2D eigenvalue weighted by Gasteiger charge is -2.22. The van der Waals surface area contributed by atoms with Gasteiger partial charge in [-0.1, -0.05) is 36.5 Å². The van der Waals surface area contributed by atoms with Gasteiger partial charge in [-0.05, 0) is 76.4 Å². The first-order chi connectivity index (χ1) is 14.2. The van der Waals surface area contributed by atoms with Crippen LogP contribution in [-0.2, 0) is 9.59 Å². The third-order valence-corrected chi connectivity index (χ3v) is 5.81. The maximum absolute atomic E-state index is 12.1. The fourth-order valence-electron chi connectivity index (χ4n) is 3.45. The quantitative estimate of drug-likeness (QED) is 0.476. The fourth-order valence-corrected chi connectivity index (χ4v) is 3.45. The molecule has 0 fully saturated rings. The summed E-state index contributed by atoms with van der Waals surface area (Å²) in [5.74, 6) is 0.144. The van der Waals surface area contributed by atoms with E-state index in [1.54, 1.807) is 0 Å². The molecule has 0 saturated heterocycles. The van der Waals surface area contributed by atoms with Gasteiger partial charge in [-0.3, -0.25) is 9.59 Å². The highest BCUT2D eigenvalue weighted by molar-refractivity contribution is 6.02. The van der Waals surface area contributed by atoms with Gasteiger partial charge in [0.25, 0.3) is 0 Å². The molecule has 2 unspecified atom stereocenters. The van der Waals surface area contributed by atoms with Crippen LogP contribution in [0, 0.1) is 11.8 Å². The lowest BCUT2D eigenvalue weighted by Crippen LogP contribution is -2.26. The van der Waals surface area contributed by atoms with E-state index in [1.807, 2.05) is 27.7 Å². The van der Waals surface area contributed by atoms with Crippen LogP contribution in [0.15, 0.2) is 57.8 Å². The molecule has 6 nitrogen and oxygen atoms in total. The Hall–Kier alpha value is -2.76. The van der Waals surface area contributed by atoms with Crippen molar-refractivity contribution >= 4 is 23.2 Å². The summed E-state index contributed by atoms with van der Waals surface area (Å²) in [6.07, 6.45) is 7.83. The molecule has 0 aliphatic heterocycles. The molecule has 0 heterocycles. The summed E-state index contributed by atoms with van der Waals surface area (Å²) in [5, 5.41) is 8.52. The standard InChI is InChI=1S/C24H34N4O2/c1-15(2)19-9-7-17(5)21(13-19)25-27-23(29)11-12-24(30)28-26-22-14-20(16(3)4)10-8-18(22)6/h7-8,19-20H,1,3,9-14H2,2,4-6H3,(H,27,29)(H,28,30). The van der Waals surface area contributed by atoms with Crippen molar-refractivity contribution in [1.29, 1.82) is 0 Å². The van der Waals surface area contributed by atoms with Crippen LogP contribution in [0.5, 0.6) is 0 Å². The van der Waals surface area contributed by atoms with Crippen LogP contribution >= 0.6 is 0 Å². The second-order valence-electron chi connectivity index (χ2n) is 8.43. The summed E-state index contributed by atoms with van der Waals surface area (Å²) >= 11 is 0. The number of hydrazone groups is 2. The van der Waals surface area contributed by atoms with Crippen LogP contribution in [0.2, 0.25) is 0 Å². The zero-order valence-corrected chi connectivity index (χ0v) is 18.7. The monoisotopic (exact) mass is 410 g/mol. The van der Waals surface area contributed by atoms with E-state index in [1.165, 1.54) is 0 Å². The molecule has 0 aromatic carbocycles. The Balaban J connectivity index is 1.81. The molecular formula is C24H34N4O2. The van der Waals surface area contributed by atoms with Crippen molar-refractivity contribution in [3.05, 3.63) is 47.6 Å². The average molecular weight is 411 g/mol. The minimum Gasteiger partial charge on any atom is -0.273 e. The van der Waals surface area contributed by atoms with Gasteiger partial charge < -0.3 is 0 Å². The Bertz CT molecular complexity index is 775. The molecular weight excluding hydrogens is 376 g/mol. The Labute approximate surface area is 180 Å². The van der Waals surface area contributed by atoms with Crippen molar-refractivity contribution in [2.24, 2.45) is 22.0 Å². The minimum atomic E-state index is -0.286. The number of carbonyl (C=O) groups is 2. The summed E-state index contributed by atoms with van der Waals surface area (Å²) < 4.78 is 0. The summed E-state index contributed by atoms with van der Waals surface area (Å²) in [7, 11) is 0. The van der Waals surface area contributed by atoms with Crippen LogP contribution in [0.3, 0.4) is 0 Å². The summed E-state index contributed by atoms with van der Waals surface area (Å²) in [6.45, 7) is 16.0. The smallest absolute Gasteiger partial charge is 0.240 e. The van der Waals surface area contributed by atoms with E-state index in [4.69, 9.17) is 0 Å². The number of allylic oxidation sites excluding steroid dienone is 6. The SMILES string of the molecule is C=C(C)C1CC=C(C)C(=NNC(=O)CCC(=O)NN=C2CC(C(=C)C)CC=C2C)C1. The molecule has 30 heavy (non-hydrogen) atoms. The van der Waals surface area contributed by atoms with Crippen molar-refractivity contribution in [1.82, 2.24) is 10.9 Å². The zero-order valence-electron chi connectivity index (χ0n) is 18.7. The molecule has 162 valence electrons. The van der Waals surface area contributed by atoms with Crippen molar-refractivity contribution in [3.63, 3.8) is 0 Å². The highest BCUT2D eigenvalue weighted by atomic mass is 16.2. The maximum Gasteiger partial charge on any atom is 0.240 e. The van der Waals surface area contributed by atoms with E-state index in [0.29, 0.717) is 11.8 Å². The Kier molecular flexibility index (Phi) is 8.51. The number of carbonyl (C=O) groups excluding carboxylic acids is 2. The molecule has 2 atom stereocenters. The number of amides is 2. The van der Waals surface area contributed by atoms with Gasteiger partial charge >= 0.3 is 0 Å². The second kappa shape index (κ2) is 10.9. The lowest BCUT2D eigenvalue weighted by atomic mass is 9.85. The number of hydrogen-bond acceptors (Lipinski definition) is 4. The van der Waals surface area contributed by atoms with Crippen molar-refractivity contribution < 1.29 is 9.59 Å². The number of nitrogens with zero attached hydrogens (tertiary/aromatic N) is 2. The number of nitrogens with one attached hydrogen (secondary N) is 2. The number of rotatable bonds is 7. The molecule has 2 aliphatic carbocycles. The summed E-state index contributed by atoms with van der Waals surface area (Å²) in [4.78, 5) is 24.2. The van der Waals surface area contributed by atoms with Crippen LogP contribution < -0.4 is 10.9 Å². The van der Waals surface area contributed by atoms with Gasteiger partial charge in [-0.25, -0.2) is 10.9 Å². The molecule has 0 bridgehead atoms. The van der Waals surface area contributed by atoms with Gasteiger partial charge in [0.05, 0.1) is 11.4 Å². The topological polar surface area (TPSA) is 82.9 Å². The van der Waals surface area contributed by atoms with Gasteiger partial charge in [0, 0.05) is 12.8 Å². The van der Waals surface area contributed by atoms with Crippen LogP contribution in [0.25, 0.3) is 0 Å². The molecule has 2 N–H and O–H groups in total. The maximum atomic E-state index is 12.1. The molecule has 0 spiro atoms. The second-order valence-corrected chi connectivity index (χ2v) is 8.43. The van der Waals surface area contributed by atoms with Gasteiger partial charge in [0.1, 0.15) is 0 Å². The first-order valence-corrected chi connectivity index (χ1v) is 10.5. The Morgan fingerprint density at radius 1 is 0.867 bits per heavy atom. The molecule has 6 heteroatoms. The third kappa shape index (κ3) is 6.94. The minimum absolute atomic E-state index is 0.0589. The van der Waals surface area contributed by atoms with Gasteiger partial charge in [0.2, 0.25) is 11.8 Å². The fraction of sp³-hybridized carbons (Fsp3) is 0.500. The van der Waals surface area contributed by atoms with E-state index in [2.05, 4.69) is 46.4 Å². The third-order valence-electron chi connectivity index (χ3n) is 5.81. The first-order valence-electron chi connectivity index (χ1n) is 10.5. The van der Waals surface area contributed by atoms with E-state index < -0.39 is 0 Å². The van der Waals surface area contributed by atoms with Crippen LogP contribution in [0.4, 0.5) is 0 Å². The van der Waals surface area contributed by atoms with Crippen molar-refractivity contribution in [2.45, 2.75) is 66.2 Å². The van der Waals surface area contributed by atoms with Gasteiger partial charge in [0.15, 0.2) is 0 Å². The van der Waals surface area contributed by atoms with Crippen LogP contribution in [0.1, 0.15) is 66.2 Å². The molecule has 0 radical (unpaired) electrons. The molecule has 0 aromatic rings. The predicted molar refractivity (Wildman–Crippen MR) is 123 cm³/mol. The predicted octanol–water partition coefficient (Wildman–Crippen LogP) is 4.58. The van der Waals surface area contributed by atoms with E-state index >= 15 is 0 Å². The van der Waals surface area contributed by atoms with E-state index in [9.17, 15) is 9.59 Å². The van der Waals surface area contributed by atoms with E-state index in [-0.39, 0.29) is 24.7 Å². The first kappa shape index (κ1) is 23.5. The Morgan fingerprint density at radius 2 is 1.23 bits per heavy atom.